The fraction of sp³-hybridized carbons (Fsp3) is 0.235. The summed E-state index contributed by atoms with van der Waals surface area (Å²) in [5.74, 6) is 0.896. The minimum Gasteiger partial charge on any atom is -0.494 e. The highest BCUT2D eigenvalue weighted by Crippen LogP contribution is 2.21. The van der Waals surface area contributed by atoms with E-state index in [-0.39, 0.29) is 5.78 Å². The van der Waals surface area contributed by atoms with E-state index in [0.29, 0.717) is 12.2 Å². The maximum atomic E-state index is 12.4. The Hall–Kier alpha value is -2.09. The van der Waals surface area contributed by atoms with Gasteiger partial charge in [-0.25, -0.2) is 0 Å². The number of carbonyl (C=O) groups excluding carboxylic acids is 1. The smallest absolute Gasteiger partial charge is 0.193 e. The van der Waals surface area contributed by atoms with Crippen LogP contribution >= 0.6 is 0 Å². The van der Waals surface area contributed by atoms with Crippen molar-refractivity contribution in [2.24, 2.45) is 0 Å². The van der Waals surface area contributed by atoms with Gasteiger partial charge in [0.1, 0.15) is 5.75 Å². The van der Waals surface area contributed by atoms with Crippen molar-refractivity contribution in [3.63, 3.8) is 0 Å². The van der Waals surface area contributed by atoms with Crippen molar-refractivity contribution in [2.75, 3.05) is 6.61 Å². The average molecular weight is 254 g/mol. The summed E-state index contributed by atoms with van der Waals surface area (Å²) in [5.41, 5.74) is 3.45. The molecular weight excluding hydrogens is 236 g/mol. The third-order valence-electron chi connectivity index (χ3n) is 3.13. The highest BCUT2D eigenvalue weighted by atomic mass is 16.5. The molecule has 2 heteroatoms. The molecule has 0 aliphatic heterocycles. The fourth-order valence-corrected chi connectivity index (χ4v) is 2.09. The van der Waals surface area contributed by atoms with Gasteiger partial charge in [-0.1, -0.05) is 24.3 Å². The van der Waals surface area contributed by atoms with Crippen LogP contribution < -0.4 is 4.74 Å². The van der Waals surface area contributed by atoms with Crippen molar-refractivity contribution in [3.8, 4) is 5.75 Å². The highest BCUT2D eigenvalue weighted by Gasteiger charge is 2.12. The molecular formula is C17H18O2. The molecule has 0 atom stereocenters. The number of benzene rings is 2. The van der Waals surface area contributed by atoms with E-state index in [4.69, 9.17) is 4.74 Å². The highest BCUT2D eigenvalue weighted by molar-refractivity contribution is 6.10. The second-order valence-electron chi connectivity index (χ2n) is 4.56. The number of aryl methyl sites for hydroxylation is 2. The number of hydrogen-bond acceptors (Lipinski definition) is 2. The molecule has 2 aromatic rings. The zero-order valence-corrected chi connectivity index (χ0v) is 11.6. The van der Waals surface area contributed by atoms with Crippen molar-refractivity contribution in [3.05, 3.63) is 64.7 Å². The van der Waals surface area contributed by atoms with Crippen LogP contribution in [-0.2, 0) is 0 Å². The molecule has 98 valence electrons. The summed E-state index contributed by atoms with van der Waals surface area (Å²) < 4.78 is 5.49. The monoisotopic (exact) mass is 254 g/mol. The number of hydrogen-bond donors (Lipinski definition) is 0. The first-order chi connectivity index (χ1) is 9.13. The molecule has 0 fully saturated rings. The van der Waals surface area contributed by atoms with Crippen LogP contribution in [0.2, 0.25) is 0 Å². The van der Waals surface area contributed by atoms with Crippen molar-refractivity contribution in [1.29, 1.82) is 0 Å². The van der Waals surface area contributed by atoms with Crippen LogP contribution in [0.1, 0.15) is 34.0 Å². The van der Waals surface area contributed by atoms with Gasteiger partial charge < -0.3 is 4.74 Å². The lowest BCUT2D eigenvalue weighted by molar-refractivity contribution is 0.103. The lowest BCUT2D eigenvalue weighted by atomic mass is 9.98. The van der Waals surface area contributed by atoms with Crippen molar-refractivity contribution >= 4 is 5.78 Å². The first-order valence-corrected chi connectivity index (χ1v) is 6.47. The molecule has 0 unspecified atom stereocenters. The molecule has 0 saturated heterocycles. The van der Waals surface area contributed by atoms with E-state index in [9.17, 15) is 4.79 Å². The minimum atomic E-state index is 0.0595. The van der Waals surface area contributed by atoms with E-state index >= 15 is 0 Å². The molecule has 2 rings (SSSR count). The van der Waals surface area contributed by atoms with Gasteiger partial charge in [0.25, 0.3) is 0 Å². The maximum absolute atomic E-state index is 12.4. The molecule has 0 aromatic heterocycles. The summed E-state index contributed by atoms with van der Waals surface area (Å²) in [4.78, 5) is 12.4. The van der Waals surface area contributed by atoms with E-state index in [1.807, 2.05) is 63.2 Å². The van der Waals surface area contributed by atoms with Gasteiger partial charge in [-0.05, 0) is 50.1 Å². The number of ether oxygens (including phenoxy) is 1. The van der Waals surface area contributed by atoms with Gasteiger partial charge >= 0.3 is 0 Å². The third kappa shape index (κ3) is 2.84. The van der Waals surface area contributed by atoms with Gasteiger partial charge in [0.05, 0.1) is 6.61 Å². The number of ketones is 1. The summed E-state index contributed by atoms with van der Waals surface area (Å²) >= 11 is 0. The van der Waals surface area contributed by atoms with Gasteiger partial charge in [0.2, 0.25) is 0 Å². The first-order valence-electron chi connectivity index (χ1n) is 6.47. The van der Waals surface area contributed by atoms with E-state index in [1.165, 1.54) is 0 Å². The van der Waals surface area contributed by atoms with Crippen molar-refractivity contribution in [2.45, 2.75) is 20.8 Å². The van der Waals surface area contributed by atoms with Crippen LogP contribution in [0, 0.1) is 13.8 Å². The van der Waals surface area contributed by atoms with Gasteiger partial charge in [0.15, 0.2) is 5.78 Å². The maximum Gasteiger partial charge on any atom is 0.193 e. The van der Waals surface area contributed by atoms with Gasteiger partial charge in [0, 0.05) is 11.1 Å². The Kier molecular flexibility index (Phi) is 4.00. The summed E-state index contributed by atoms with van der Waals surface area (Å²) in [6.45, 7) is 6.49. The molecule has 0 aliphatic rings. The molecule has 0 N–H and O–H groups in total. The molecule has 0 spiro atoms. The van der Waals surface area contributed by atoms with Crippen LogP contribution in [-0.4, -0.2) is 12.4 Å². The second kappa shape index (κ2) is 5.70. The molecule has 0 radical (unpaired) electrons. The predicted octanol–water partition coefficient (Wildman–Crippen LogP) is 3.93. The van der Waals surface area contributed by atoms with Crippen LogP contribution in [0.3, 0.4) is 0 Å². The van der Waals surface area contributed by atoms with Gasteiger partial charge in [-0.15, -0.1) is 0 Å². The molecule has 0 heterocycles. The van der Waals surface area contributed by atoms with Crippen molar-refractivity contribution < 1.29 is 9.53 Å². The Labute approximate surface area is 114 Å². The Bertz CT molecular complexity index is 600. The Morgan fingerprint density at radius 3 is 2.42 bits per heavy atom. The zero-order chi connectivity index (χ0) is 13.8. The van der Waals surface area contributed by atoms with Crippen LogP contribution in [0.15, 0.2) is 42.5 Å². The molecule has 2 aromatic carbocycles. The molecule has 0 amide bonds. The Morgan fingerprint density at radius 1 is 1.05 bits per heavy atom. The van der Waals surface area contributed by atoms with E-state index in [2.05, 4.69) is 0 Å². The molecule has 0 aliphatic carbocycles. The van der Waals surface area contributed by atoms with Crippen LogP contribution in [0.25, 0.3) is 0 Å². The Morgan fingerprint density at radius 2 is 1.79 bits per heavy atom. The SMILES string of the molecule is CCOc1ccc(C(=O)c2ccccc2C)cc1C. The molecule has 0 saturated carbocycles. The quantitative estimate of drug-likeness (QED) is 0.773. The first kappa shape index (κ1) is 13.3. The molecule has 19 heavy (non-hydrogen) atoms. The predicted molar refractivity (Wildman–Crippen MR) is 77.0 cm³/mol. The summed E-state index contributed by atoms with van der Waals surface area (Å²) in [7, 11) is 0. The zero-order valence-electron chi connectivity index (χ0n) is 11.6. The lowest BCUT2D eigenvalue weighted by Gasteiger charge is -2.09. The van der Waals surface area contributed by atoms with Crippen LogP contribution in [0.5, 0.6) is 5.75 Å². The van der Waals surface area contributed by atoms with Crippen LogP contribution in [0.4, 0.5) is 0 Å². The third-order valence-corrected chi connectivity index (χ3v) is 3.13. The van der Waals surface area contributed by atoms with E-state index in [1.54, 1.807) is 0 Å². The summed E-state index contributed by atoms with van der Waals surface area (Å²) in [5, 5.41) is 0. The van der Waals surface area contributed by atoms with Crippen molar-refractivity contribution in [1.82, 2.24) is 0 Å². The standard InChI is InChI=1S/C17H18O2/c1-4-19-16-10-9-14(11-13(16)3)17(18)15-8-6-5-7-12(15)2/h5-11H,4H2,1-3H3. The number of carbonyl (C=O) groups is 1. The number of rotatable bonds is 4. The summed E-state index contributed by atoms with van der Waals surface area (Å²) in [6.07, 6.45) is 0. The normalized spacial score (nSPS) is 10.3. The molecule has 2 nitrogen and oxygen atoms in total. The van der Waals surface area contributed by atoms with Gasteiger partial charge in [-0.2, -0.15) is 0 Å². The lowest BCUT2D eigenvalue weighted by Crippen LogP contribution is -2.04. The van der Waals surface area contributed by atoms with E-state index in [0.717, 1.165) is 22.4 Å². The fourth-order valence-electron chi connectivity index (χ4n) is 2.09. The molecule has 0 bridgehead atoms. The largest absolute Gasteiger partial charge is 0.494 e. The Balaban J connectivity index is 2.35. The summed E-state index contributed by atoms with van der Waals surface area (Å²) in [6, 6.07) is 13.2. The van der Waals surface area contributed by atoms with E-state index < -0.39 is 0 Å². The van der Waals surface area contributed by atoms with Gasteiger partial charge in [-0.3, -0.25) is 4.79 Å². The topological polar surface area (TPSA) is 26.3 Å². The minimum absolute atomic E-state index is 0.0595. The average Bonchev–Trinajstić information content (AvgIpc) is 2.41. The second-order valence-corrected chi connectivity index (χ2v) is 4.56.